The largest absolute Gasteiger partial charge is 0.497 e. The van der Waals surface area contributed by atoms with Gasteiger partial charge in [0.15, 0.2) is 0 Å². The first-order valence-electron chi connectivity index (χ1n) is 11.5. The summed E-state index contributed by atoms with van der Waals surface area (Å²) in [6.07, 6.45) is 0.813. The molecule has 0 aliphatic heterocycles. The SMILES string of the molecule is CCOC(=O)c1[nH]c(C)c(CN(Cc2ccc(OC)cc2)C(=O)Nc2ccccc2CC)c1C. The molecule has 3 aromatic rings. The van der Waals surface area contributed by atoms with Crippen molar-refractivity contribution in [2.45, 2.75) is 47.2 Å². The molecule has 0 saturated carbocycles. The van der Waals surface area contributed by atoms with E-state index in [9.17, 15) is 9.59 Å². The molecule has 1 heterocycles. The Bertz CT molecular complexity index is 1140. The smallest absolute Gasteiger partial charge is 0.355 e. The first kappa shape index (κ1) is 24.9. The number of para-hydroxylation sites is 1. The zero-order valence-corrected chi connectivity index (χ0v) is 20.5. The fourth-order valence-corrected chi connectivity index (χ4v) is 3.92. The van der Waals surface area contributed by atoms with E-state index in [4.69, 9.17) is 9.47 Å². The van der Waals surface area contributed by atoms with Crippen molar-refractivity contribution in [2.24, 2.45) is 0 Å². The van der Waals surface area contributed by atoms with Gasteiger partial charge < -0.3 is 24.7 Å². The number of nitrogens with one attached hydrogen (secondary N) is 2. The van der Waals surface area contributed by atoms with Crippen LogP contribution in [0.4, 0.5) is 10.5 Å². The number of carbonyl (C=O) groups excluding carboxylic acids is 2. The third-order valence-electron chi connectivity index (χ3n) is 5.88. The molecule has 0 radical (unpaired) electrons. The zero-order chi connectivity index (χ0) is 24.7. The molecule has 34 heavy (non-hydrogen) atoms. The van der Waals surface area contributed by atoms with Gasteiger partial charge in [-0.15, -0.1) is 0 Å². The lowest BCUT2D eigenvalue weighted by molar-refractivity contribution is 0.0519. The molecule has 0 atom stereocenters. The zero-order valence-electron chi connectivity index (χ0n) is 20.5. The highest BCUT2D eigenvalue weighted by Gasteiger charge is 2.23. The molecule has 2 aromatic carbocycles. The second kappa shape index (κ2) is 11.4. The van der Waals surface area contributed by atoms with E-state index in [1.807, 2.05) is 62.4 Å². The minimum absolute atomic E-state index is 0.214. The highest BCUT2D eigenvalue weighted by atomic mass is 16.5. The van der Waals surface area contributed by atoms with Gasteiger partial charge in [0.05, 0.1) is 13.7 Å². The van der Waals surface area contributed by atoms with Crippen LogP contribution in [0.5, 0.6) is 5.75 Å². The fourth-order valence-electron chi connectivity index (χ4n) is 3.92. The summed E-state index contributed by atoms with van der Waals surface area (Å²) >= 11 is 0. The molecule has 3 rings (SSSR count). The molecule has 2 amide bonds. The van der Waals surface area contributed by atoms with Crippen molar-refractivity contribution in [2.75, 3.05) is 19.0 Å². The van der Waals surface area contributed by atoms with Crippen LogP contribution in [-0.4, -0.2) is 35.6 Å². The second-order valence-electron chi connectivity index (χ2n) is 8.09. The van der Waals surface area contributed by atoms with Gasteiger partial charge in [-0.25, -0.2) is 9.59 Å². The maximum atomic E-state index is 13.5. The number of aromatic amines is 1. The van der Waals surface area contributed by atoms with Crippen molar-refractivity contribution in [3.8, 4) is 5.75 Å². The Balaban J connectivity index is 1.91. The van der Waals surface area contributed by atoms with Crippen molar-refractivity contribution in [3.05, 3.63) is 82.2 Å². The van der Waals surface area contributed by atoms with Crippen molar-refractivity contribution >= 4 is 17.7 Å². The Labute approximate surface area is 201 Å². The van der Waals surface area contributed by atoms with Crippen LogP contribution in [0.2, 0.25) is 0 Å². The van der Waals surface area contributed by atoms with Crippen molar-refractivity contribution < 1.29 is 19.1 Å². The minimum atomic E-state index is -0.391. The molecular weight excluding hydrogens is 430 g/mol. The van der Waals surface area contributed by atoms with E-state index >= 15 is 0 Å². The number of hydrogen-bond donors (Lipinski definition) is 2. The van der Waals surface area contributed by atoms with E-state index < -0.39 is 5.97 Å². The molecule has 0 spiro atoms. The molecule has 0 saturated heterocycles. The number of benzene rings is 2. The lowest BCUT2D eigenvalue weighted by Gasteiger charge is -2.25. The molecule has 0 fully saturated rings. The van der Waals surface area contributed by atoms with Crippen LogP contribution in [0, 0.1) is 13.8 Å². The number of aryl methyl sites for hydroxylation is 2. The Hall–Kier alpha value is -3.74. The minimum Gasteiger partial charge on any atom is -0.497 e. The van der Waals surface area contributed by atoms with Crippen LogP contribution in [0.1, 0.15) is 52.3 Å². The van der Waals surface area contributed by atoms with Crippen LogP contribution in [0.3, 0.4) is 0 Å². The van der Waals surface area contributed by atoms with Gasteiger partial charge in [0.2, 0.25) is 0 Å². The van der Waals surface area contributed by atoms with Gasteiger partial charge in [0, 0.05) is 24.5 Å². The summed E-state index contributed by atoms with van der Waals surface area (Å²) in [5.41, 5.74) is 5.78. The Morgan fingerprint density at radius 1 is 1.00 bits per heavy atom. The maximum Gasteiger partial charge on any atom is 0.355 e. The standard InChI is InChI=1S/C27H33N3O4/c1-6-21-10-8-9-11-24(21)29-27(32)30(16-20-12-14-22(33-5)15-13-20)17-23-18(3)25(28-19(23)4)26(31)34-7-2/h8-15,28H,6-7,16-17H2,1-5H3,(H,29,32). The molecule has 0 aliphatic rings. The average molecular weight is 464 g/mol. The summed E-state index contributed by atoms with van der Waals surface area (Å²) in [5.74, 6) is 0.366. The topological polar surface area (TPSA) is 83.7 Å². The number of nitrogens with zero attached hydrogens (tertiary/aromatic N) is 1. The third-order valence-corrected chi connectivity index (χ3v) is 5.88. The first-order chi connectivity index (χ1) is 16.4. The summed E-state index contributed by atoms with van der Waals surface area (Å²) in [5, 5.41) is 3.07. The monoisotopic (exact) mass is 463 g/mol. The summed E-state index contributed by atoms with van der Waals surface area (Å²) < 4.78 is 10.4. The molecule has 2 N–H and O–H groups in total. The van der Waals surface area contributed by atoms with Gasteiger partial charge >= 0.3 is 12.0 Å². The number of amides is 2. The van der Waals surface area contributed by atoms with Crippen LogP contribution in [0.15, 0.2) is 48.5 Å². The molecule has 0 unspecified atom stereocenters. The lowest BCUT2D eigenvalue weighted by atomic mass is 10.1. The first-order valence-corrected chi connectivity index (χ1v) is 11.5. The van der Waals surface area contributed by atoms with Gasteiger partial charge in [-0.1, -0.05) is 37.3 Å². The molecule has 7 heteroatoms. The van der Waals surface area contributed by atoms with E-state index in [1.165, 1.54) is 0 Å². The van der Waals surface area contributed by atoms with Crippen molar-refractivity contribution in [3.63, 3.8) is 0 Å². The number of anilines is 1. The number of ether oxygens (including phenoxy) is 2. The van der Waals surface area contributed by atoms with E-state index in [1.54, 1.807) is 18.9 Å². The normalized spacial score (nSPS) is 10.6. The van der Waals surface area contributed by atoms with Crippen LogP contribution in [-0.2, 0) is 24.2 Å². The number of urea groups is 1. The number of methoxy groups -OCH3 is 1. The van der Waals surface area contributed by atoms with Gasteiger partial charge in [-0.05, 0) is 67.6 Å². The molecular formula is C27H33N3O4. The van der Waals surface area contributed by atoms with Crippen molar-refractivity contribution in [1.82, 2.24) is 9.88 Å². The second-order valence-corrected chi connectivity index (χ2v) is 8.09. The highest BCUT2D eigenvalue weighted by Crippen LogP contribution is 2.24. The predicted molar refractivity (Wildman–Crippen MR) is 133 cm³/mol. The van der Waals surface area contributed by atoms with E-state index in [0.717, 1.165) is 45.8 Å². The molecule has 0 bridgehead atoms. The maximum absolute atomic E-state index is 13.5. The fraction of sp³-hybridized carbons (Fsp3) is 0.333. The third kappa shape index (κ3) is 5.78. The van der Waals surface area contributed by atoms with Gasteiger partial charge in [-0.3, -0.25) is 0 Å². The predicted octanol–water partition coefficient (Wildman–Crippen LogP) is 5.61. The van der Waals surface area contributed by atoms with E-state index in [0.29, 0.717) is 25.4 Å². The number of aromatic nitrogens is 1. The van der Waals surface area contributed by atoms with Gasteiger partial charge in [0.1, 0.15) is 11.4 Å². The van der Waals surface area contributed by atoms with Gasteiger partial charge in [-0.2, -0.15) is 0 Å². The Morgan fingerprint density at radius 2 is 1.71 bits per heavy atom. The van der Waals surface area contributed by atoms with E-state index in [2.05, 4.69) is 17.2 Å². The number of hydrogen-bond acceptors (Lipinski definition) is 4. The lowest BCUT2D eigenvalue weighted by Crippen LogP contribution is -2.34. The number of H-pyrrole nitrogens is 1. The summed E-state index contributed by atoms with van der Waals surface area (Å²) in [7, 11) is 1.62. The highest BCUT2D eigenvalue weighted by molar-refractivity contribution is 5.91. The molecule has 180 valence electrons. The molecule has 7 nitrogen and oxygen atoms in total. The quantitative estimate of drug-likeness (QED) is 0.404. The molecule has 1 aromatic heterocycles. The number of carbonyl (C=O) groups is 2. The van der Waals surface area contributed by atoms with Crippen molar-refractivity contribution in [1.29, 1.82) is 0 Å². The van der Waals surface area contributed by atoms with Crippen LogP contribution in [0.25, 0.3) is 0 Å². The Kier molecular flexibility index (Phi) is 8.35. The van der Waals surface area contributed by atoms with E-state index in [-0.39, 0.29) is 6.03 Å². The number of esters is 1. The van der Waals surface area contributed by atoms with Crippen LogP contribution >= 0.6 is 0 Å². The summed E-state index contributed by atoms with van der Waals surface area (Å²) in [4.78, 5) is 30.7. The average Bonchev–Trinajstić information content (AvgIpc) is 3.13. The Morgan fingerprint density at radius 3 is 2.35 bits per heavy atom. The number of rotatable bonds is 9. The molecule has 0 aliphatic carbocycles. The van der Waals surface area contributed by atoms with Crippen LogP contribution < -0.4 is 10.1 Å². The summed E-state index contributed by atoms with van der Waals surface area (Å²) in [6.45, 7) is 8.64. The van der Waals surface area contributed by atoms with Gasteiger partial charge in [0.25, 0.3) is 0 Å². The summed E-state index contributed by atoms with van der Waals surface area (Å²) in [6, 6.07) is 15.2.